The maximum absolute atomic E-state index is 11.1. The van der Waals surface area contributed by atoms with Gasteiger partial charge in [-0.05, 0) is 24.6 Å². The lowest BCUT2D eigenvalue weighted by Gasteiger charge is -2.10. The Morgan fingerprint density at radius 2 is 1.95 bits per heavy atom. The first-order valence-electron chi connectivity index (χ1n) is 5.63. The summed E-state index contributed by atoms with van der Waals surface area (Å²) in [4.78, 5) is 22.0. The number of aromatic nitrogens is 2. The fraction of sp³-hybridized carbons (Fsp3) is 0.0769. The summed E-state index contributed by atoms with van der Waals surface area (Å²) in [6.45, 7) is 1.72. The number of carbonyl (C=O) groups is 2. The lowest BCUT2D eigenvalue weighted by molar-refractivity contribution is 0.0693. The molecule has 7 nitrogen and oxygen atoms in total. The second-order valence-electron chi connectivity index (χ2n) is 3.98. The van der Waals surface area contributed by atoms with Gasteiger partial charge < -0.3 is 15.6 Å². The third-order valence-corrected chi connectivity index (χ3v) is 2.54. The smallest absolute Gasteiger partial charge is 0.339 e. The molecule has 0 bridgehead atoms. The molecule has 1 aromatic carbocycles. The van der Waals surface area contributed by atoms with E-state index in [1.54, 1.807) is 19.1 Å². The van der Waals surface area contributed by atoms with Crippen LogP contribution in [0, 0.1) is 6.92 Å². The molecule has 0 aliphatic rings. The van der Waals surface area contributed by atoms with Gasteiger partial charge in [0.25, 0.3) is 5.91 Å². The van der Waals surface area contributed by atoms with Gasteiger partial charge in [-0.25, -0.2) is 4.79 Å². The van der Waals surface area contributed by atoms with E-state index in [1.807, 2.05) is 0 Å². The molecule has 1 amide bonds. The largest absolute Gasteiger partial charge is 0.478 e. The van der Waals surface area contributed by atoms with Crippen LogP contribution < -0.4 is 10.5 Å². The summed E-state index contributed by atoms with van der Waals surface area (Å²) >= 11 is 0. The number of amides is 1. The van der Waals surface area contributed by atoms with E-state index in [9.17, 15) is 9.59 Å². The Bertz CT molecular complexity index is 668. The maximum atomic E-state index is 11.1. The molecule has 20 heavy (non-hydrogen) atoms. The molecule has 0 atom stereocenters. The average Bonchev–Trinajstić information content (AvgIpc) is 2.41. The van der Waals surface area contributed by atoms with Gasteiger partial charge in [-0.1, -0.05) is 12.1 Å². The summed E-state index contributed by atoms with van der Waals surface area (Å²) in [5.41, 5.74) is 5.71. The van der Waals surface area contributed by atoms with Crippen molar-refractivity contribution in [2.24, 2.45) is 5.73 Å². The van der Waals surface area contributed by atoms with Crippen molar-refractivity contribution in [3.8, 4) is 11.6 Å². The number of aromatic carboxylic acids is 1. The van der Waals surface area contributed by atoms with Crippen molar-refractivity contribution in [2.45, 2.75) is 6.92 Å². The van der Waals surface area contributed by atoms with E-state index < -0.39 is 11.9 Å². The Hall–Kier alpha value is -2.96. The van der Waals surface area contributed by atoms with E-state index in [0.29, 0.717) is 5.56 Å². The van der Waals surface area contributed by atoms with Crippen molar-refractivity contribution >= 4 is 11.9 Å². The van der Waals surface area contributed by atoms with Crippen LogP contribution in [0.3, 0.4) is 0 Å². The standard InChI is InChI=1S/C13H11N3O4/c1-7-3-2-4-8(13(18)19)11(7)20-10-6-5-9(12(14)17)15-16-10/h2-6H,1H3,(H2,14,17)(H,18,19). The molecule has 0 aliphatic heterocycles. The van der Waals surface area contributed by atoms with Crippen LogP contribution in [-0.4, -0.2) is 27.2 Å². The molecular formula is C13H11N3O4. The minimum Gasteiger partial charge on any atom is -0.478 e. The van der Waals surface area contributed by atoms with Gasteiger partial charge in [0.1, 0.15) is 11.3 Å². The highest BCUT2D eigenvalue weighted by molar-refractivity contribution is 5.91. The van der Waals surface area contributed by atoms with Crippen LogP contribution >= 0.6 is 0 Å². The molecule has 0 spiro atoms. The third-order valence-electron chi connectivity index (χ3n) is 2.54. The van der Waals surface area contributed by atoms with E-state index in [4.69, 9.17) is 15.6 Å². The lowest BCUT2D eigenvalue weighted by Crippen LogP contribution is -2.13. The molecule has 1 heterocycles. The first-order chi connectivity index (χ1) is 9.49. The maximum Gasteiger partial charge on any atom is 0.339 e. The molecule has 0 saturated carbocycles. The van der Waals surface area contributed by atoms with E-state index >= 15 is 0 Å². The number of carboxylic acids is 1. The number of hydrogen-bond acceptors (Lipinski definition) is 5. The predicted octanol–water partition coefficient (Wildman–Crippen LogP) is 1.37. The number of aryl methyl sites for hydroxylation is 1. The van der Waals surface area contributed by atoms with Crippen molar-refractivity contribution < 1.29 is 19.4 Å². The van der Waals surface area contributed by atoms with Crippen LogP contribution in [0.5, 0.6) is 11.6 Å². The molecule has 2 aromatic rings. The molecule has 7 heteroatoms. The number of rotatable bonds is 4. The van der Waals surface area contributed by atoms with Crippen LogP contribution in [0.4, 0.5) is 0 Å². The SMILES string of the molecule is Cc1cccc(C(=O)O)c1Oc1ccc(C(N)=O)nn1. The van der Waals surface area contributed by atoms with Gasteiger partial charge >= 0.3 is 5.97 Å². The van der Waals surface area contributed by atoms with Crippen molar-refractivity contribution in [3.63, 3.8) is 0 Å². The number of hydrogen-bond donors (Lipinski definition) is 2. The molecule has 2 rings (SSSR count). The van der Waals surface area contributed by atoms with Crippen LogP contribution in [0.25, 0.3) is 0 Å². The number of para-hydroxylation sites is 1. The fourth-order valence-corrected chi connectivity index (χ4v) is 1.57. The van der Waals surface area contributed by atoms with Crippen LogP contribution in [0.1, 0.15) is 26.4 Å². The van der Waals surface area contributed by atoms with E-state index in [-0.39, 0.29) is 22.9 Å². The highest BCUT2D eigenvalue weighted by Gasteiger charge is 2.15. The molecule has 0 aliphatic carbocycles. The molecule has 0 fully saturated rings. The Morgan fingerprint density at radius 3 is 2.50 bits per heavy atom. The molecule has 102 valence electrons. The topological polar surface area (TPSA) is 115 Å². The first kappa shape index (κ1) is 13.5. The Balaban J connectivity index is 2.34. The second kappa shape index (κ2) is 5.35. The summed E-state index contributed by atoms with van der Waals surface area (Å²) < 4.78 is 5.43. The minimum atomic E-state index is -1.11. The number of ether oxygens (including phenoxy) is 1. The third kappa shape index (κ3) is 2.72. The van der Waals surface area contributed by atoms with Crippen molar-refractivity contribution in [1.29, 1.82) is 0 Å². The fourth-order valence-electron chi connectivity index (χ4n) is 1.57. The normalized spacial score (nSPS) is 10.1. The Labute approximate surface area is 114 Å². The summed E-state index contributed by atoms with van der Waals surface area (Å²) in [6, 6.07) is 7.50. The monoisotopic (exact) mass is 273 g/mol. The van der Waals surface area contributed by atoms with Gasteiger partial charge in [0.15, 0.2) is 5.69 Å². The van der Waals surface area contributed by atoms with E-state index in [0.717, 1.165) is 0 Å². The number of carbonyl (C=O) groups excluding carboxylic acids is 1. The van der Waals surface area contributed by atoms with Gasteiger partial charge in [0, 0.05) is 6.07 Å². The summed E-state index contributed by atoms with van der Waals surface area (Å²) in [5, 5.41) is 16.4. The quantitative estimate of drug-likeness (QED) is 0.869. The Morgan fingerprint density at radius 1 is 1.20 bits per heavy atom. The van der Waals surface area contributed by atoms with Gasteiger partial charge in [0.05, 0.1) is 0 Å². The zero-order valence-electron chi connectivity index (χ0n) is 10.5. The summed E-state index contributed by atoms with van der Waals surface area (Å²) in [5.74, 6) is -1.55. The number of nitrogens with zero attached hydrogens (tertiary/aromatic N) is 2. The van der Waals surface area contributed by atoms with Crippen molar-refractivity contribution in [1.82, 2.24) is 10.2 Å². The number of primary amides is 1. The highest BCUT2D eigenvalue weighted by atomic mass is 16.5. The molecular weight excluding hydrogens is 262 g/mol. The summed E-state index contributed by atoms with van der Waals surface area (Å²) in [7, 11) is 0. The summed E-state index contributed by atoms with van der Waals surface area (Å²) in [6.07, 6.45) is 0. The van der Waals surface area contributed by atoms with Gasteiger partial charge in [-0.2, -0.15) is 0 Å². The predicted molar refractivity (Wildman–Crippen MR) is 68.8 cm³/mol. The molecule has 0 unspecified atom stereocenters. The van der Waals surface area contributed by atoms with Crippen LogP contribution in [0.15, 0.2) is 30.3 Å². The van der Waals surface area contributed by atoms with Crippen LogP contribution in [-0.2, 0) is 0 Å². The van der Waals surface area contributed by atoms with Crippen LogP contribution in [0.2, 0.25) is 0 Å². The molecule has 1 aromatic heterocycles. The Kier molecular flexibility index (Phi) is 3.60. The van der Waals surface area contributed by atoms with E-state index in [2.05, 4.69) is 10.2 Å². The van der Waals surface area contributed by atoms with Crippen molar-refractivity contribution in [2.75, 3.05) is 0 Å². The molecule has 0 saturated heterocycles. The minimum absolute atomic E-state index is 0.000548. The van der Waals surface area contributed by atoms with Crippen molar-refractivity contribution in [3.05, 3.63) is 47.2 Å². The zero-order valence-corrected chi connectivity index (χ0v) is 10.5. The van der Waals surface area contributed by atoms with Gasteiger partial charge in [-0.3, -0.25) is 4.79 Å². The number of nitrogens with two attached hydrogens (primary N) is 1. The van der Waals surface area contributed by atoms with Gasteiger partial charge in [-0.15, -0.1) is 10.2 Å². The number of benzene rings is 1. The average molecular weight is 273 g/mol. The molecule has 3 N–H and O–H groups in total. The van der Waals surface area contributed by atoms with E-state index in [1.165, 1.54) is 18.2 Å². The molecule has 0 radical (unpaired) electrons. The van der Waals surface area contributed by atoms with Gasteiger partial charge in [0.2, 0.25) is 5.88 Å². The second-order valence-corrected chi connectivity index (χ2v) is 3.98. The first-order valence-corrected chi connectivity index (χ1v) is 5.63. The highest BCUT2D eigenvalue weighted by Crippen LogP contribution is 2.27. The number of carboxylic acid groups (broad SMARTS) is 1. The lowest BCUT2D eigenvalue weighted by atomic mass is 10.1. The zero-order chi connectivity index (χ0) is 14.7.